The molecule has 2 N–H and O–H groups in total. The van der Waals surface area contributed by atoms with Crippen molar-refractivity contribution in [1.82, 2.24) is 10.2 Å². The summed E-state index contributed by atoms with van der Waals surface area (Å²) < 4.78 is 18.5. The lowest BCUT2D eigenvalue weighted by Gasteiger charge is -2.30. The number of likely N-dealkylation sites (tertiary alicyclic amines) is 1. The van der Waals surface area contributed by atoms with Crippen LogP contribution in [-0.4, -0.2) is 55.6 Å². The number of carbonyl (C=O) groups is 2. The van der Waals surface area contributed by atoms with E-state index in [2.05, 4.69) is 10.6 Å². The lowest BCUT2D eigenvalue weighted by Crippen LogP contribution is -2.55. The average molecular weight is 363 g/mol. The summed E-state index contributed by atoms with van der Waals surface area (Å²) >= 11 is 0. The molecule has 1 unspecified atom stereocenters. The standard InChI is InChI=1S/C19H26FN3O3/c1-26-10-8-21-18(25)19(22-16-4-2-3-15(20)12-16)7-9-23(13-19)17(24)11-14-5-6-14/h2-4,12,14,22H,5-11,13H2,1H3,(H,21,25). The summed E-state index contributed by atoms with van der Waals surface area (Å²) in [4.78, 5) is 27.1. The number of amides is 2. The van der Waals surface area contributed by atoms with E-state index in [9.17, 15) is 14.0 Å². The number of rotatable bonds is 8. The van der Waals surface area contributed by atoms with Crippen LogP contribution in [0.3, 0.4) is 0 Å². The van der Waals surface area contributed by atoms with Gasteiger partial charge in [-0.05, 0) is 43.4 Å². The highest BCUT2D eigenvalue weighted by atomic mass is 19.1. The van der Waals surface area contributed by atoms with E-state index in [0.29, 0.717) is 44.1 Å². The number of anilines is 1. The van der Waals surface area contributed by atoms with Crippen molar-refractivity contribution in [3.05, 3.63) is 30.1 Å². The lowest BCUT2D eigenvalue weighted by molar-refractivity contribution is -0.131. The van der Waals surface area contributed by atoms with Gasteiger partial charge in [0.05, 0.1) is 13.2 Å². The van der Waals surface area contributed by atoms with E-state index in [1.54, 1.807) is 24.1 Å². The zero-order valence-corrected chi connectivity index (χ0v) is 15.1. The number of halogens is 1. The Hall–Kier alpha value is -2.15. The van der Waals surface area contributed by atoms with E-state index in [-0.39, 0.29) is 24.2 Å². The minimum atomic E-state index is -0.958. The van der Waals surface area contributed by atoms with Crippen molar-refractivity contribution >= 4 is 17.5 Å². The van der Waals surface area contributed by atoms with Crippen molar-refractivity contribution in [2.24, 2.45) is 5.92 Å². The first-order valence-corrected chi connectivity index (χ1v) is 9.11. The number of hydrogen-bond donors (Lipinski definition) is 2. The highest BCUT2D eigenvalue weighted by Crippen LogP contribution is 2.34. The molecule has 2 amide bonds. The topological polar surface area (TPSA) is 70.7 Å². The maximum atomic E-state index is 13.5. The minimum Gasteiger partial charge on any atom is -0.383 e. The van der Waals surface area contributed by atoms with Gasteiger partial charge in [0.2, 0.25) is 11.8 Å². The number of carbonyl (C=O) groups excluding carboxylic acids is 2. The van der Waals surface area contributed by atoms with E-state index in [1.165, 1.54) is 12.1 Å². The van der Waals surface area contributed by atoms with Crippen LogP contribution in [-0.2, 0) is 14.3 Å². The van der Waals surface area contributed by atoms with Gasteiger partial charge in [-0.1, -0.05) is 6.07 Å². The van der Waals surface area contributed by atoms with Crippen LogP contribution in [0.1, 0.15) is 25.7 Å². The van der Waals surface area contributed by atoms with Gasteiger partial charge in [0.1, 0.15) is 11.4 Å². The highest BCUT2D eigenvalue weighted by Gasteiger charge is 2.46. The van der Waals surface area contributed by atoms with Gasteiger partial charge in [-0.3, -0.25) is 9.59 Å². The van der Waals surface area contributed by atoms with Gasteiger partial charge in [0.15, 0.2) is 0 Å². The summed E-state index contributed by atoms with van der Waals surface area (Å²) in [6.07, 6.45) is 3.27. The molecule has 0 spiro atoms. The number of benzene rings is 1. The molecule has 1 aromatic rings. The van der Waals surface area contributed by atoms with Gasteiger partial charge in [-0.25, -0.2) is 4.39 Å². The zero-order valence-electron chi connectivity index (χ0n) is 15.1. The van der Waals surface area contributed by atoms with Crippen molar-refractivity contribution in [2.75, 3.05) is 38.7 Å². The first-order chi connectivity index (χ1) is 12.5. The van der Waals surface area contributed by atoms with E-state index >= 15 is 0 Å². The first kappa shape index (κ1) is 18.6. The molecule has 2 fully saturated rings. The van der Waals surface area contributed by atoms with Crippen LogP contribution in [0.15, 0.2) is 24.3 Å². The minimum absolute atomic E-state index is 0.0973. The Balaban J connectivity index is 1.73. The van der Waals surface area contributed by atoms with Crippen LogP contribution in [0.2, 0.25) is 0 Å². The molecule has 2 aliphatic rings. The largest absolute Gasteiger partial charge is 0.383 e. The molecule has 1 aliphatic heterocycles. The maximum absolute atomic E-state index is 13.5. The van der Waals surface area contributed by atoms with Crippen LogP contribution < -0.4 is 10.6 Å². The molecule has 0 aromatic heterocycles. The van der Waals surface area contributed by atoms with Crippen molar-refractivity contribution in [2.45, 2.75) is 31.2 Å². The first-order valence-electron chi connectivity index (χ1n) is 9.11. The molecule has 0 radical (unpaired) electrons. The normalized spacial score (nSPS) is 22.3. The fraction of sp³-hybridized carbons (Fsp3) is 0.579. The van der Waals surface area contributed by atoms with Crippen LogP contribution in [0.5, 0.6) is 0 Å². The average Bonchev–Trinajstić information content (AvgIpc) is 3.32. The lowest BCUT2D eigenvalue weighted by atomic mass is 9.96. The molecule has 1 aliphatic carbocycles. The zero-order chi connectivity index (χ0) is 18.6. The van der Waals surface area contributed by atoms with Gasteiger partial charge in [-0.2, -0.15) is 0 Å². The third kappa shape index (κ3) is 4.52. The Kier molecular flexibility index (Phi) is 5.76. The smallest absolute Gasteiger partial charge is 0.247 e. The molecule has 1 aromatic carbocycles. The van der Waals surface area contributed by atoms with Crippen molar-refractivity contribution < 1.29 is 18.7 Å². The molecule has 1 atom stereocenters. The molecular formula is C19H26FN3O3. The predicted octanol–water partition coefficient (Wildman–Crippen LogP) is 1.77. The van der Waals surface area contributed by atoms with Gasteiger partial charge >= 0.3 is 0 Å². The van der Waals surface area contributed by atoms with E-state index < -0.39 is 5.54 Å². The summed E-state index contributed by atoms with van der Waals surface area (Å²) in [7, 11) is 1.57. The Labute approximate surface area is 153 Å². The number of nitrogens with one attached hydrogen (secondary N) is 2. The third-order valence-electron chi connectivity index (χ3n) is 5.02. The van der Waals surface area contributed by atoms with E-state index in [4.69, 9.17) is 4.74 Å². The fourth-order valence-electron chi connectivity index (χ4n) is 3.34. The fourth-order valence-corrected chi connectivity index (χ4v) is 3.34. The molecule has 142 valence electrons. The van der Waals surface area contributed by atoms with E-state index in [0.717, 1.165) is 12.8 Å². The Morgan fingerprint density at radius 2 is 2.19 bits per heavy atom. The number of nitrogens with zero attached hydrogens (tertiary/aromatic N) is 1. The Morgan fingerprint density at radius 3 is 2.88 bits per heavy atom. The molecule has 6 nitrogen and oxygen atoms in total. The molecule has 1 saturated heterocycles. The summed E-state index contributed by atoms with van der Waals surface area (Å²) in [5, 5.41) is 6.04. The summed E-state index contributed by atoms with van der Waals surface area (Å²) in [5.41, 5.74) is -0.427. The summed E-state index contributed by atoms with van der Waals surface area (Å²) in [6, 6.07) is 6.04. The number of methoxy groups -OCH3 is 1. The highest BCUT2D eigenvalue weighted by molar-refractivity contribution is 5.91. The van der Waals surface area contributed by atoms with Gasteiger partial charge in [0.25, 0.3) is 0 Å². The van der Waals surface area contributed by atoms with Crippen molar-refractivity contribution in [3.8, 4) is 0 Å². The number of hydrogen-bond acceptors (Lipinski definition) is 4. The Bertz CT molecular complexity index is 665. The molecule has 7 heteroatoms. The summed E-state index contributed by atoms with van der Waals surface area (Å²) in [6.45, 7) is 1.60. The second-order valence-corrected chi connectivity index (χ2v) is 7.18. The van der Waals surface area contributed by atoms with Gasteiger partial charge < -0.3 is 20.3 Å². The molecule has 3 rings (SSSR count). The maximum Gasteiger partial charge on any atom is 0.247 e. The van der Waals surface area contributed by atoms with Gasteiger partial charge in [-0.15, -0.1) is 0 Å². The van der Waals surface area contributed by atoms with Gasteiger partial charge in [0, 0.05) is 32.3 Å². The Morgan fingerprint density at radius 1 is 1.38 bits per heavy atom. The van der Waals surface area contributed by atoms with Crippen molar-refractivity contribution in [1.29, 1.82) is 0 Å². The van der Waals surface area contributed by atoms with Crippen LogP contribution >= 0.6 is 0 Å². The second-order valence-electron chi connectivity index (χ2n) is 7.18. The second kappa shape index (κ2) is 8.03. The molecule has 1 heterocycles. The van der Waals surface area contributed by atoms with Crippen LogP contribution in [0.25, 0.3) is 0 Å². The summed E-state index contributed by atoms with van der Waals surface area (Å²) in [5.74, 6) is 0.0365. The number of ether oxygens (including phenoxy) is 1. The quantitative estimate of drug-likeness (QED) is 0.691. The molecule has 1 saturated carbocycles. The van der Waals surface area contributed by atoms with Crippen molar-refractivity contribution in [3.63, 3.8) is 0 Å². The monoisotopic (exact) mass is 363 g/mol. The third-order valence-corrected chi connectivity index (χ3v) is 5.02. The molecule has 26 heavy (non-hydrogen) atoms. The van der Waals surface area contributed by atoms with Crippen LogP contribution in [0, 0.1) is 11.7 Å². The molecule has 0 bridgehead atoms. The SMILES string of the molecule is COCCNC(=O)C1(Nc2cccc(F)c2)CCN(C(=O)CC2CC2)C1. The predicted molar refractivity (Wildman–Crippen MR) is 96.2 cm³/mol. The van der Waals surface area contributed by atoms with E-state index in [1.807, 2.05) is 0 Å². The molecular weight excluding hydrogens is 337 g/mol. The van der Waals surface area contributed by atoms with Crippen LogP contribution in [0.4, 0.5) is 10.1 Å².